The van der Waals surface area contributed by atoms with E-state index in [2.05, 4.69) is 55.6 Å². The van der Waals surface area contributed by atoms with Crippen LogP contribution in [0.1, 0.15) is 24.0 Å². The maximum Gasteiger partial charge on any atom is 0.0807 e. The zero-order valence-corrected chi connectivity index (χ0v) is 17.0. The van der Waals surface area contributed by atoms with Crippen LogP contribution in [0.15, 0.2) is 76.0 Å². The number of rotatable bonds is 2. The van der Waals surface area contributed by atoms with Crippen molar-refractivity contribution in [1.82, 2.24) is 0 Å². The molecule has 0 spiro atoms. The summed E-state index contributed by atoms with van der Waals surface area (Å²) in [6.45, 7) is 2.52. The lowest BCUT2D eigenvalue weighted by molar-refractivity contribution is -0.882. The number of piperidine rings is 1. The molecule has 1 fully saturated rings. The minimum absolute atomic E-state index is 0.384. The Kier molecular flexibility index (Phi) is 6.90. The lowest BCUT2D eigenvalue weighted by Gasteiger charge is -2.28. The van der Waals surface area contributed by atoms with Gasteiger partial charge < -0.3 is 24.7 Å². The number of nitrogens with one attached hydrogen (secondary N) is 1. The molecule has 2 aromatic rings. The van der Waals surface area contributed by atoms with Gasteiger partial charge >= 0.3 is 0 Å². The Balaban J connectivity index is 0.000000258. The number of carboxylic acids is 2. The molecule has 0 atom stereocenters. The Morgan fingerprint density at radius 3 is 1.76 bits per heavy atom. The van der Waals surface area contributed by atoms with Gasteiger partial charge in [0.1, 0.15) is 0 Å². The SMILES string of the molecule is C[NH+]1CCC(=C2c3ccccc3Sc3ccccc32)CC1.O=C([O-])/C=C\C(=O)[O-]. The summed E-state index contributed by atoms with van der Waals surface area (Å²) in [6.07, 6.45) is 3.23. The number of carbonyl (C=O) groups excluding carboxylic acids is 2. The van der Waals surface area contributed by atoms with E-state index in [0.29, 0.717) is 12.2 Å². The van der Waals surface area contributed by atoms with Crippen molar-refractivity contribution < 1.29 is 24.7 Å². The molecule has 29 heavy (non-hydrogen) atoms. The first kappa shape index (κ1) is 20.9. The maximum atomic E-state index is 9.41. The predicted molar refractivity (Wildman–Crippen MR) is 108 cm³/mol. The van der Waals surface area contributed by atoms with E-state index in [-0.39, 0.29) is 0 Å². The largest absolute Gasteiger partial charge is 0.545 e. The summed E-state index contributed by atoms with van der Waals surface area (Å²) >= 11 is 1.91. The van der Waals surface area contributed by atoms with E-state index in [9.17, 15) is 19.8 Å². The number of fused-ring (bicyclic) bond motifs is 2. The van der Waals surface area contributed by atoms with Gasteiger partial charge in [0, 0.05) is 22.6 Å². The minimum Gasteiger partial charge on any atom is -0.545 e. The Morgan fingerprint density at radius 1 is 0.862 bits per heavy atom. The molecule has 1 saturated heterocycles. The van der Waals surface area contributed by atoms with Crippen molar-refractivity contribution in [2.45, 2.75) is 22.6 Å². The Labute approximate surface area is 174 Å². The molecule has 150 valence electrons. The highest BCUT2D eigenvalue weighted by Gasteiger charge is 2.25. The second-order valence-electron chi connectivity index (χ2n) is 7.00. The number of aliphatic carboxylic acids is 2. The van der Waals surface area contributed by atoms with Crippen LogP contribution in [0.25, 0.3) is 5.57 Å². The summed E-state index contributed by atoms with van der Waals surface area (Å²) in [5.74, 6) is -3.09. The third kappa shape index (κ3) is 5.37. The standard InChI is InChI=1S/C19H19NS.C4H4O4/c1-20-12-10-14(11-13-20)19-15-6-2-4-8-17(15)21-18-9-5-3-7-16(18)19;5-3(6)1-2-4(7)8/h2-9H,10-13H2,1H3;1-2H,(H,5,6)(H,7,8)/p-1/b;2-1-. The van der Waals surface area contributed by atoms with Crippen LogP contribution < -0.4 is 15.1 Å². The van der Waals surface area contributed by atoms with E-state index in [0.717, 1.165) is 0 Å². The van der Waals surface area contributed by atoms with Crippen molar-refractivity contribution in [1.29, 1.82) is 0 Å². The Bertz CT molecular complexity index is 907. The fourth-order valence-electron chi connectivity index (χ4n) is 3.53. The number of carbonyl (C=O) groups is 2. The van der Waals surface area contributed by atoms with Crippen LogP contribution in [-0.2, 0) is 9.59 Å². The molecule has 2 heterocycles. The monoisotopic (exact) mass is 408 g/mol. The first-order chi connectivity index (χ1) is 14.0. The van der Waals surface area contributed by atoms with Crippen LogP contribution in [0.2, 0.25) is 0 Å². The highest BCUT2D eigenvalue weighted by atomic mass is 32.2. The van der Waals surface area contributed by atoms with Gasteiger partial charge in [0.25, 0.3) is 0 Å². The molecule has 0 unspecified atom stereocenters. The van der Waals surface area contributed by atoms with Crippen LogP contribution in [0, 0.1) is 0 Å². The van der Waals surface area contributed by atoms with Gasteiger partial charge in [-0.25, -0.2) is 0 Å². The third-order valence-corrected chi connectivity index (χ3v) is 6.10. The molecule has 0 saturated carbocycles. The summed E-state index contributed by atoms with van der Waals surface area (Å²) in [5.41, 5.74) is 6.06. The van der Waals surface area contributed by atoms with Crippen LogP contribution in [0.5, 0.6) is 0 Å². The second-order valence-corrected chi connectivity index (χ2v) is 8.09. The van der Waals surface area contributed by atoms with Crippen LogP contribution in [-0.4, -0.2) is 32.1 Å². The second kappa shape index (κ2) is 9.58. The summed E-state index contributed by atoms with van der Waals surface area (Å²) in [6, 6.07) is 17.8. The van der Waals surface area contributed by atoms with Gasteiger partial charge in [0.15, 0.2) is 0 Å². The number of carboxylic acid groups (broad SMARTS) is 2. The third-order valence-electron chi connectivity index (χ3n) is 4.95. The summed E-state index contributed by atoms with van der Waals surface area (Å²) in [7, 11) is 2.31. The molecule has 2 aliphatic heterocycles. The number of hydrogen-bond donors (Lipinski definition) is 1. The molecular weight excluding hydrogens is 386 g/mol. The maximum absolute atomic E-state index is 9.41. The summed E-state index contributed by atoms with van der Waals surface area (Å²) in [4.78, 5) is 23.3. The van der Waals surface area contributed by atoms with E-state index in [4.69, 9.17) is 0 Å². The van der Waals surface area contributed by atoms with Gasteiger partial charge in [-0.05, 0) is 41.0 Å². The topological polar surface area (TPSA) is 84.7 Å². The molecule has 0 aromatic heterocycles. The van der Waals surface area contributed by atoms with Gasteiger partial charge in [-0.1, -0.05) is 53.7 Å². The van der Waals surface area contributed by atoms with Gasteiger partial charge in [0.05, 0.1) is 32.1 Å². The van der Waals surface area contributed by atoms with Crippen LogP contribution >= 0.6 is 11.8 Å². The van der Waals surface area contributed by atoms with Crippen molar-refractivity contribution in [3.8, 4) is 0 Å². The summed E-state index contributed by atoms with van der Waals surface area (Å²) < 4.78 is 0. The summed E-state index contributed by atoms with van der Waals surface area (Å²) in [5, 5.41) is 18.8. The number of benzene rings is 2. The van der Waals surface area contributed by atoms with E-state index in [1.165, 1.54) is 52.4 Å². The van der Waals surface area contributed by atoms with E-state index < -0.39 is 11.9 Å². The average Bonchev–Trinajstić information content (AvgIpc) is 2.72. The van der Waals surface area contributed by atoms with Crippen molar-refractivity contribution in [2.75, 3.05) is 20.1 Å². The van der Waals surface area contributed by atoms with Crippen molar-refractivity contribution in [3.05, 3.63) is 77.4 Å². The quantitative estimate of drug-likeness (QED) is 0.617. The normalized spacial score (nSPS) is 17.8. The zero-order valence-electron chi connectivity index (χ0n) is 16.1. The molecule has 2 aromatic carbocycles. The molecule has 1 N–H and O–H groups in total. The van der Waals surface area contributed by atoms with Crippen LogP contribution in [0.3, 0.4) is 0 Å². The molecule has 6 heteroatoms. The van der Waals surface area contributed by atoms with Crippen molar-refractivity contribution in [2.24, 2.45) is 0 Å². The zero-order chi connectivity index (χ0) is 20.8. The van der Waals surface area contributed by atoms with Crippen molar-refractivity contribution >= 4 is 29.3 Å². The molecular formula is C23H22NO4S-. The molecule has 0 aliphatic carbocycles. The van der Waals surface area contributed by atoms with E-state index >= 15 is 0 Å². The first-order valence-electron chi connectivity index (χ1n) is 9.45. The molecule has 5 nitrogen and oxygen atoms in total. The Morgan fingerprint density at radius 2 is 1.31 bits per heavy atom. The number of hydrogen-bond acceptors (Lipinski definition) is 5. The first-order valence-corrected chi connectivity index (χ1v) is 10.3. The Hall–Kier alpha value is -2.83. The predicted octanol–water partition coefficient (Wildman–Crippen LogP) is 0.304. The fraction of sp³-hybridized carbons (Fsp3) is 0.217. The van der Waals surface area contributed by atoms with Crippen LogP contribution in [0.4, 0.5) is 0 Å². The highest BCUT2D eigenvalue weighted by molar-refractivity contribution is 7.99. The molecule has 4 rings (SSSR count). The smallest absolute Gasteiger partial charge is 0.0807 e. The average molecular weight is 408 g/mol. The fourth-order valence-corrected chi connectivity index (χ4v) is 4.62. The van der Waals surface area contributed by atoms with Gasteiger partial charge in [-0.3, -0.25) is 0 Å². The molecule has 0 amide bonds. The van der Waals surface area contributed by atoms with Gasteiger partial charge in [0.2, 0.25) is 0 Å². The highest BCUT2D eigenvalue weighted by Crippen LogP contribution is 2.47. The minimum atomic E-state index is -1.55. The van der Waals surface area contributed by atoms with E-state index in [1.54, 1.807) is 10.5 Å². The number of quaternary nitrogens is 1. The molecule has 0 radical (unpaired) electrons. The van der Waals surface area contributed by atoms with E-state index in [1.807, 2.05) is 11.8 Å². The lowest BCUT2D eigenvalue weighted by Crippen LogP contribution is -3.09. The van der Waals surface area contributed by atoms with Gasteiger partial charge in [-0.2, -0.15) is 0 Å². The molecule has 0 bridgehead atoms. The van der Waals surface area contributed by atoms with Gasteiger partial charge in [-0.15, -0.1) is 0 Å². The van der Waals surface area contributed by atoms with Crippen molar-refractivity contribution in [3.63, 3.8) is 0 Å². The lowest BCUT2D eigenvalue weighted by atomic mass is 9.88. The molecule has 2 aliphatic rings. The number of likely N-dealkylation sites (tertiary alicyclic amines) is 1.